The highest BCUT2D eigenvalue weighted by atomic mass is 35.5. The Morgan fingerprint density at radius 3 is 1.33 bits per heavy atom. The Morgan fingerprint density at radius 1 is 0.545 bits per heavy atom. The molecule has 12 heteroatoms. The number of alkyl halides is 8. The Morgan fingerprint density at radius 2 is 0.909 bits per heavy atom. The maximum Gasteiger partial charge on any atom is 0.167 e. The fourth-order valence-corrected chi connectivity index (χ4v) is 13.1. The van der Waals surface area contributed by atoms with Gasteiger partial charge in [-0.05, 0) is 18.1 Å². The monoisotopic (exact) mass is 682 g/mol. The number of hydrogen-bond acceptors (Lipinski definition) is 0. The van der Waals surface area contributed by atoms with Gasteiger partial charge in [0.05, 0.1) is 20.1 Å². The molecular weight excluding hydrogens is 678 g/mol. The number of halogens is 12. The summed E-state index contributed by atoms with van der Waals surface area (Å²) in [6, 6.07) is 5.85. The third-order valence-electron chi connectivity index (χ3n) is 8.28. The van der Waals surface area contributed by atoms with E-state index in [0.717, 1.165) is 16.7 Å². The van der Waals surface area contributed by atoms with Crippen LogP contribution in [0.3, 0.4) is 0 Å². The zero-order valence-corrected chi connectivity index (χ0v) is 25.1. The second kappa shape index (κ2) is 6.84. The summed E-state index contributed by atoms with van der Waals surface area (Å²) >= 11 is 83.7. The van der Waals surface area contributed by atoms with Crippen LogP contribution in [0.4, 0.5) is 0 Å². The van der Waals surface area contributed by atoms with E-state index in [9.17, 15) is 0 Å². The molecule has 0 N–H and O–H groups in total. The Kier molecular flexibility index (Phi) is 5.28. The van der Waals surface area contributed by atoms with Gasteiger partial charge in [-0.15, -0.1) is 46.4 Å². The summed E-state index contributed by atoms with van der Waals surface area (Å²) in [5.41, 5.74) is 2.58. The van der Waals surface area contributed by atoms with Gasteiger partial charge < -0.3 is 0 Å². The highest BCUT2D eigenvalue weighted by Gasteiger charge is 2.91. The third-order valence-corrected chi connectivity index (χ3v) is 16.8. The Hall–Kier alpha value is 2.18. The summed E-state index contributed by atoms with van der Waals surface area (Å²) in [7, 11) is 0. The molecule has 5 aliphatic carbocycles. The van der Waals surface area contributed by atoms with Crippen LogP contribution in [0.15, 0.2) is 38.3 Å². The molecule has 0 amide bonds. The summed E-state index contributed by atoms with van der Waals surface area (Å²) in [6.45, 7) is 1.95. The van der Waals surface area contributed by atoms with Crippen molar-refractivity contribution in [1.82, 2.24) is 0 Å². The number of benzene rings is 1. The molecule has 5 aliphatic rings. The van der Waals surface area contributed by atoms with Crippen LogP contribution in [-0.4, -0.2) is 28.2 Å². The van der Waals surface area contributed by atoms with Gasteiger partial charge in [-0.2, -0.15) is 0 Å². The van der Waals surface area contributed by atoms with Crippen molar-refractivity contribution < 1.29 is 0 Å². The smallest absolute Gasteiger partial charge is 0.109 e. The molecular formula is C21H10Cl12. The van der Waals surface area contributed by atoms with E-state index in [4.69, 9.17) is 139 Å². The summed E-state index contributed by atoms with van der Waals surface area (Å²) in [4.78, 5) is -6.35. The van der Waals surface area contributed by atoms with Crippen LogP contribution < -0.4 is 0 Å². The molecule has 6 rings (SSSR count). The van der Waals surface area contributed by atoms with Crippen molar-refractivity contribution in [2.45, 2.75) is 46.9 Å². The zero-order chi connectivity index (χ0) is 24.5. The van der Waals surface area contributed by atoms with Crippen molar-refractivity contribution >= 4 is 139 Å². The first-order valence-electron chi connectivity index (χ1n) is 9.74. The molecule has 0 saturated heterocycles. The topological polar surface area (TPSA) is 0 Å². The lowest BCUT2D eigenvalue weighted by Gasteiger charge is -2.52. The first-order valence-corrected chi connectivity index (χ1v) is 14.3. The van der Waals surface area contributed by atoms with E-state index in [0.29, 0.717) is 0 Å². The molecule has 0 heterocycles. The van der Waals surface area contributed by atoms with Crippen LogP contribution in [0.5, 0.6) is 0 Å². The van der Waals surface area contributed by atoms with Gasteiger partial charge in [0.2, 0.25) is 0 Å². The SMILES string of the molecule is Cc1ccc2c(c1)[C@@H]1[C@@H]([C@@H]3[C@@H]2[C@@]2(Cl)C(Cl)=C(Cl)[C@@]3(Cl)C2(Cl)Cl)[C@@]2(Cl)C(Cl)=C(Cl)[C@@]1(Cl)C2(Cl)Cl. The minimum absolute atomic E-state index is 0.0500. The van der Waals surface area contributed by atoms with Gasteiger partial charge in [-0.3, -0.25) is 0 Å². The highest BCUT2D eigenvalue weighted by Crippen LogP contribution is 2.88. The van der Waals surface area contributed by atoms with E-state index < -0.39 is 51.8 Å². The number of hydrogen-bond donors (Lipinski definition) is 0. The fourth-order valence-electron chi connectivity index (χ4n) is 7.02. The quantitative estimate of drug-likeness (QED) is 0.238. The molecule has 1 aromatic rings. The summed E-state index contributed by atoms with van der Waals surface area (Å²) in [6.07, 6.45) is 0. The van der Waals surface area contributed by atoms with E-state index in [1.807, 2.05) is 25.1 Å². The Labute approximate surface area is 250 Å². The highest BCUT2D eigenvalue weighted by molar-refractivity contribution is 6.67. The fraction of sp³-hybridized carbons (Fsp3) is 0.524. The first kappa shape index (κ1) is 25.5. The minimum atomic E-state index is -1.81. The molecule has 0 nitrogen and oxygen atoms in total. The molecule has 2 fully saturated rings. The van der Waals surface area contributed by atoms with E-state index >= 15 is 0 Å². The molecule has 0 aliphatic heterocycles. The van der Waals surface area contributed by atoms with Gasteiger partial charge in [-0.1, -0.05) is 117 Å². The lowest BCUT2D eigenvalue weighted by atomic mass is 9.57. The second-order valence-corrected chi connectivity index (χ2v) is 15.9. The van der Waals surface area contributed by atoms with Crippen molar-refractivity contribution in [2.24, 2.45) is 11.8 Å². The maximum absolute atomic E-state index is 7.29. The molecule has 2 saturated carbocycles. The van der Waals surface area contributed by atoms with Gasteiger partial charge in [0.1, 0.15) is 19.5 Å². The number of aryl methyl sites for hydroxylation is 1. The van der Waals surface area contributed by atoms with Crippen molar-refractivity contribution in [3.05, 3.63) is 55.0 Å². The number of rotatable bonds is 0. The molecule has 0 radical (unpaired) electrons. The molecule has 0 aromatic heterocycles. The lowest BCUT2D eigenvalue weighted by Crippen LogP contribution is -2.53. The van der Waals surface area contributed by atoms with Crippen LogP contribution in [0, 0.1) is 18.8 Å². The van der Waals surface area contributed by atoms with E-state index in [1.54, 1.807) is 0 Å². The predicted molar refractivity (Wildman–Crippen MR) is 144 cm³/mol. The largest absolute Gasteiger partial charge is 0.167 e. The van der Waals surface area contributed by atoms with E-state index in [2.05, 4.69) is 0 Å². The average molecular weight is 688 g/mol. The molecule has 0 spiro atoms. The Balaban J connectivity index is 1.79. The van der Waals surface area contributed by atoms with Gasteiger partial charge in [-0.25, -0.2) is 0 Å². The standard InChI is InChI=1S/C21H10Cl12/c1-5-2-3-6-7(4-5)9-11(19(29)15(25)13(23)17(9,27)21(19,32)33)10-8(6)16(26)12(22)14(24)18(10,28)20(16,30)31/h2-4,8-11H,1H3/t8-,9-,10+,11+,16-,17-,18-,19-/m1/s1. The van der Waals surface area contributed by atoms with Gasteiger partial charge >= 0.3 is 0 Å². The minimum Gasteiger partial charge on any atom is -0.109 e. The molecule has 178 valence electrons. The zero-order valence-electron chi connectivity index (χ0n) is 16.1. The predicted octanol–water partition coefficient (Wildman–Crippen LogP) is 10.1. The van der Waals surface area contributed by atoms with Gasteiger partial charge in [0.25, 0.3) is 0 Å². The normalized spacial score (nSPS) is 50.1. The lowest BCUT2D eigenvalue weighted by molar-refractivity contribution is 0.201. The van der Waals surface area contributed by atoms with Crippen molar-refractivity contribution in [2.75, 3.05) is 0 Å². The molecule has 8 atom stereocenters. The second-order valence-electron chi connectivity index (χ2n) is 9.39. The first-order chi connectivity index (χ1) is 15.0. The average Bonchev–Trinajstić information content (AvgIpc) is 3.08. The molecule has 1 aromatic carbocycles. The third kappa shape index (κ3) is 2.19. The van der Waals surface area contributed by atoms with Crippen LogP contribution in [0.2, 0.25) is 0 Å². The summed E-state index contributed by atoms with van der Waals surface area (Å²) in [5, 5.41) is 0.281. The summed E-state index contributed by atoms with van der Waals surface area (Å²) < 4.78 is -3.61. The van der Waals surface area contributed by atoms with Crippen LogP contribution in [0.25, 0.3) is 0 Å². The van der Waals surface area contributed by atoms with E-state index in [-0.39, 0.29) is 20.1 Å². The summed E-state index contributed by atoms with van der Waals surface area (Å²) in [5.74, 6) is -2.56. The number of allylic oxidation sites excluding steroid dienone is 4. The van der Waals surface area contributed by atoms with Crippen LogP contribution >= 0.6 is 139 Å². The van der Waals surface area contributed by atoms with Crippen molar-refractivity contribution in [1.29, 1.82) is 0 Å². The number of fused-ring (bicyclic) bond motifs is 14. The molecule has 33 heavy (non-hydrogen) atoms. The maximum atomic E-state index is 7.29. The van der Waals surface area contributed by atoms with Crippen molar-refractivity contribution in [3.8, 4) is 0 Å². The molecule has 4 bridgehead atoms. The molecule has 0 unspecified atom stereocenters. The van der Waals surface area contributed by atoms with E-state index in [1.165, 1.54) is 0 Å². The van der Waals surface area contributed by atoms with Gasteiger partial charge in [0, 0.05) is 23.7 Å². The van der Waals surface area contributed by atoms with Crippen LogP contribution in [-0.2, 0) is 0 Å². The Bertz CT molecular complexity index is 1230. The van der Waals surface area contributed by atoms with Crippen molar-refractivity contribution in [3.63, 3.8) is 0 Å². The van der Waals surface area contributed by atoms with Gasteiger partial charge in [0.15, 0.2) is 8.67 Å². The van der Waals surface area contributed by atoms with Crippen LogP contribution in [0.1, 0.15) is 28.5 Å².